The summed E-state index contributed by atoms with van der Waals surface area (Å²) in [5.74, 6) is 4.69. The van der Waals surface area contributed by atoms with Crippen molar-refractivity contribution in [3.63, 3.8) is 0 Å². The number of halogens is 4. The fourth-order valence-corrected chi connectivity index (χ4v) is 3.54. The van der Waals surface area contributed by atoms with Gasteiger partial charge in [-0.05, 0) is 58.0 Å². The maximum absolute atomic E-state index is 14.1. The number of nitrogens with zero attached hydrogens (tertiary/aromatic N) is 2. The second-order valence-electron chi connectivity index (χ2n) is 8.68. The van der Waals surface area contributed by atoms with E-state index in [4.69, 9.17) is 17.3 Å². The number of aromatic nitrogens is 2. The SMILES string of the molecule is Cc1c(C(=O)NC(C)(C)C)nn(-c2ccc(C#CCN)cc2C(F)(F)F)c1-c1ccc(Cl)cc1. The summed E-state index contributed by atoms with van der Waals surface area (Å²) in [7, 11) is 0. The molecule has 34 heavy (non-hydrogen) atoms. The van der Waals surface area contributed by atoms with Gasteiger partial charge in [0.05, 0.1) is 23.5 Å². The number of nitrogens with one attached hydrogen (secondary N) is 1. The van der Waals surface area contributed by atoms with Crippen molar-refractivity contribution in [1.29, 1.82) is 0 Å². The van der Waals surface area contributed by atoms with Crippen molar-refractivity contribution in [2.75, 3.05) is 6.54 Å². The Morgan fingerprint density at radius 1 is 1.15 bits per heavy atom. The summed E-state index contributed by atoms with van der Waals surface area (Å²) in [5, 5.41) is 7.63. The number of alkyl halides is 3. The second-order valence-corrected chi connectivity index (χ2v) is 9.12. The van der Waals surface area contributed by atoms with Crippen molar-refractivity contribution in [3.05, 3.63) is 69.9 Å². The molecule has 9 heteroatoms. The molecule has 1 aromatic heterocycles. The van der Waals surface area contributed by atoms with Gasteiger partial charge < -0.3 is 11.1 Å². The molecular formula is C25H24ClF3N4O. The Morgan fingerprint density at radius 2 is 1.79 bits per heavy atom. The maximum atomic E-state index is 14.1. The van der Waals surface area contributed by atoms with Crippen LogP contribution in [0.3, 0.4) is 0 Å². The molecule has 0 aliphatic rings. The Bertz CT molecular complexity index is 1280. The molecule has 1 amide bonds. The number of hydrogen-bond donors (Lipinski definition) is 2. The highest BCUT2D eigenvalue weighted by atomic mass is 35.5. The first-order chi connectivity index (χ1) is 15.8. The quantitative estimate of drug-likeness (QED) is 0.487. The van der Waals surface area contributed by atoms with Gasteiger partial charge in [0.25, 0.3) is 5.91 Å². The van der Waals surface area contributed by atoms with E-state index in [-0.39, 0.29) is 23.5 Å². The molecule has 0 fully saturated rings. The average molecular weight is 489 g/mol. The van der Waals surface area contributed by atoms with E-state index >= 15 is 0 Å². The number of amides is 1. The Morgan fingerprint density at radius 3 is 2.35 bits per heavy atom. The van der Waals surface area contributed by atoms with Crippen LogP contribution in [0, 0.1) is 18.8 Å². The highest BCUT2D eigenvalue weighted by Gasteiger charge is 2.36. The summed E-state index contributed by atoms with van der Waals surface area (Å²) in [6.45, 7) is 7.09. The summed E-state index contributed by atoms with van der Waals surface area (Å²) in [4.78, 5) is 13.0. The second kappa shape index (κ2) is 9.53. The van der Waals surface area contributed by atoms with Gasteiger partial charge in [0.15, 0.2) is 5.69 Å². The van der Waals surface area contributed by atoms with E-state index in [1.165, 1.54) is 12.1 Å². The van der Waals surface area contributed by atoms with Gasteiger partial charge in [-0.3, -0.25) is 4.79 Å². The molecule has 5 nitrogen and oxygen atoms in total. The zero-order chi connectivity index (χ0) is 25.3. The number of rotatable bonds is 3. The molecule has 0 aliphatic carbocycles. The third-order valence-electron chi connectivity index (χ3n) is 4.81. The van der Waals surface area contributed by atoms with Crippen molar-refractivity contribution in [3.8, 4) is 28.8 Å². The first kappa shape index (κ1) is 25.3. The molecule has 0 spiro atoms. The molecule has 3 N–H and O–H groups in total. The molecule has 3 aromatic rings. The molecule has 178 valence electrons. The summed E-state index contributed by atoms with van der Waals surface area (Å²) in [6, 6.07) is 10.3. The normalized spacial score (nSPS) is 11.7. The van der Waals surface area contributed by atoms with Gasteiger partial charge in [0.1, 0.15) is 0 Å². The van der Waals surface area contributed by atoms with Crippen molar-refractivity contribution in [2.24, 2.45) is 5.73 Å². The minimum atomic E-state index is -4.69. The third-order valence-corrected chi connectivity index (χ3v) is 5.06. The minimum Gasteiger partial charge on any atom is -0.346 e. The van der Waals surface area contributed by atoms with Crippen LogP contribution in [0.5, 0.6) is 0 Å². The van der Waals surface area contributed by atoms with Crippen molar-refractivity contribution < 1.29 is 18.0 Å². The van der Waals surface area contributed by atoms with Crippen LogP contribution >= 0.6 is 11.6 Å². The van der Waals surface area contributed by atoms with E-state index in [9.17, 15) is 18.0 Å². The summed E-state index contributed by atoms with van der Waals surface area (Å²) < 4.78 is 43.5. The van der Waals surface area contributed by atoms with Crippen LogP contribution in [0.1, 0.15) is 48.0 Å². The van der Waals surface area contributed by atoms with Crippen LogP contribution in [0.2, 0.25) is 5.02 Å². The fraction of sp³-hybridized carbons (Fsp3) is 0.280. The Kier molecular flexibility index (Phi) is 7.10. The third kappa shape index (κ3) is 5.61. The predicted octanol–water partition coefficient (Wildman–Crippen LogP) is 5.36. The zero-order valence-electron chi connectivity index (χ0n) is 19.1. The number of hydrogen-bond acceptors (Lipinski definition) is 3. The highest BCUT2D eigenvalue weighted by molar-refractivity contribution is 6.30. The zero-order valence-corrected chi connectivity index (χ0v) is 19.9. The lowest BCUT2D eigenvalue weighted by molar-refractivity contribution is -0.137. The summed E-state index contributed by atoms with van der Waals surface area (Å²) in [5.41, 5.74) is 5.17. The topological polar surface area (TPSA) is 72.9 Å². The first-order valence-electron chi connectivity index (χ1n) is 10.4. The summed E-state index contributed by atoms with van der Waals surface area (Å²) >= 11 is 6.01. The van der Waals surface area contributed by atoms with Gasteiger partial charge in [-0.25, -0.2) is 4.68 Å². The van der Waals surface area contributed by atoms with E-state index in [1.54, 1.807) is 52.0 Å². The van der Waals surface area contributed by atoms with E-state index in [0.717, 1.165) is 10.7 Å². The monoisotopic (exact) mass is 488 g/mol. The Hall–Kier alpha value is -3.28. The minimum absolute atomic E-state index is 0.0222. The van der Waals surface area contributed by atoms with Crippen LogP contribution in [0.15, 0.2) is 42.5 Å². The molecule has 0 saturated heterocycles. The van der Waals surface area contributed by atoms with Gasteiger partial charge in [0.2, 0.25) is 0 Å². The van der Waals surface area contributed by atoms with Crippen LogP contribution < -0.4 is 11.1 Å². The van der Waals surface area contributed by atoms with Gasteiger partial charge in [-0.2, -0.15) is 18.3 Å². The van der Waals surface area contributed by atoms with Crippen LogP contribution in [0.4, 0.5) is 13.2 Å². The molecule has 2 aromatic carbocycles. The number of benzene rings is 2. The van der Waals surface area contributed by atoms with Gasteiger partial charge in [-0.1, -0.05) is 35.6 Å². The Labute approximate surface area is 201 Å². The molecule has 0 unspecified atom stereocenters. The highest BCUT2D eigenvalue weighted by Crippen LogP contribution is 2.37. The molecule has 0 radical (unpaired) electrons. The molecular weight excluding hydrogens is 465 g/mol. The van der Waals surface area contributed by atoms with Gasteiger partial charge in [0, 0.05) is 27.3 Å². The predicted molar refractivity (Wildman–Crippen MR) is 127 cm³/mol. The van der Waals surface area contributed by atoms with Crippen LogP contribution in [-0.4, -0.2) is 27.8 Å². The molecule has 0 bridgehead atoms. The number of carbonyl (C=O) groups is 1. The Balaban J connectivity index is 2.31. The van der Waals surface area contributed by atoms with Crippen molar-refractivity contribution in [1.82, 2.24) is 15.1 Å². The number of nitrogens with two attached hydrogens (primary N) is 1. The lowest BCUT2D eigenvalue weighted by Gasteiger charge is -2.19. The molecule has 0 saturated carbocycles. The van der Waals surface area contributed by atoms with Crippen LogP contribution in [0.25, 0.3) is 16.9 Å². The fourth-order valence-electron chi connectivity index (χ4n) is 3.41. The van der Waals surface area contributed by atoms with E-state index < -0.39 is 23.2 Å². The van der Waals surface area contributed by atoms with Crippen molar-refractivity contribution in [2.45, 2.75) is 39.4 Å². The maximum Gasteiger partial charge on any atom is 0.418 e. The van der Waals surface area contributed by atoms with Crippen molar-refractivity contribution >= 4 is 17.5 Å². The molecule has 3 rings (SSSR count). The van der Waals surface area contributed by atoms with Crippen LogP contribution in [-0.2, 0) is 6.18 Å². The summed E-state index contributed by atoms with van der Waals surface area (Å²) in [6.07, 6.45) is -4.69. The van der Waals surface area contributed by atoms with Gasteiger partial charge >= 0.3 is 6.18 Å². The first-order valence-corrected chi connectivity index (χ1v) is 10.8. The van der Waals surface area contributed by atoms with E-state index in [1.807, 2.05) is 0 Å². The largest absolute Gasteiger partial charge is 0.418 e. The molecule has 0 aliphatic heterocycles. The molecule has 0 atom stereocenters. The van der Waals surface area contributed by atoms with E-state index in [2.05, 4.69) is 22.3 Å². The smallest absolute Gasteiger partial charge is 0.346 e. The number of carbonyl (C=O) groups excluding carboxylic acids is 1. The average Bonchev–Trinajstić information content (AvgIpc) is 3.08. The van der Waals surface area contributed by atoms with E-state index in [0.29, 0.717) is 21.8 Å². The lowest BCUT2D eigenvalue weighted by Crippen LogP contribution is -2.41. The standard InChI is InChI=1S/C25H24ClF3N4O/c1-15-21(23(34)31-24(2,3)4)32-33(22(15)17-8-10-18(26)11-9-17)20-12-7-16(6-5-13-30)14-19(20)25(27,28)29/h7-12,14H,13,30H2,1-4H3,(H,31,34). The van der Waals surface area contributed by atoms with Gasteiger partial charge in [-0.15, -0.1) is 0 Å². The lowest BCUT2D eigenvalue weighted by atomic mass is 10.0. The molecule has 1 heterocycles.